The van der Waals surface area contributed by atoms with Crippen molar-refractivity contribution in [3.8, 4) is 0 Å². The van der Waals surface area contributed by atoms with E-state index in [2.05, 4.69) is 13.8 Å². The molecule has 0 bridgehead atoms. The SMILES string of the molecule is CC(C)CCC1(C(N)=O)CCS(=O)(=O)CC1. The van der Waals surface area contributed by atoms with Crippen molar-refractivity contribution < 1.29 is 13.2 Å². The van der Waals surface area contributed by atoms with Gasteiger partial charge in [0.2, 0.25) is 5.91 Å². The maximum atomic E-state index is 11.5. The highest BCUT2D eigenvalue weighted by molar-refractivity contribution is 7.91. The smallest absolute Gasteiger partial charge is 0.223 e. The zero-order valence-corrected chi connectivity index (χ0v) is 10.8. The van der Waals surface area contributed by atoms with E-state index >= 15 is 0 Å². The van der Waals surface area contributed by atoms with Gasteiger partial charge < -0.3 is 5.73 Å². The molecule has 4 nitrogen and oxygen atoms in total. The van der Waals surface area contributed by atoms with Gasteiger partial charge in [0.15, 0.2) is 0 Å². The molecule has 94 valence electrons. The first-order chi connectivity index (χ1) is 7.27. The predicted molar refractivity (Wildman–Crippen MR) is 63.6 cm³/mol. The molecule has 0 spiro atoms. The van der Waals surface area contributed by atoms with E-state index in [9.17, 15) is 13.2 Å². The van der Waals surface area contributed by atoms with Crippen molar-refractivity contribution in [2.45, 2.75) is 39.5 Å². The van der Waals surface area contributed by atoms with Crippen LogP contribution in [0.1, 0.15) is 39.5 Å². The topological polar surface area (TPSA) is 77.2 Å². The summed E-state index contributed by atoms with van der Waals surface area (Å²) >= 11 is 0. The van der Waals surface area contributed by atoms with Crippen molar-refractivity contribution >= 4 is 15.7 Å². The van der Waals surface area contributed by atoms with Gasteiger partial charge in [0, 0.05) is 0 Å². The molecule has 1 saturated heterocycles. The summed E-state index contributed by atoms with van der Waals surface area (Å²) in [6.07, 6.45) is 2.44. The molecule has 16 heavy (non-hydrogen) atoms. The quantitative estimate of drug-likeness (QED) is 0.808. The van der Waals surface area contributed by atoms with Crippen molar-refractivity contribution in [3.63, 3.8) is 0 Å². The number of primary amides is 1. The van der Waals surface area contributed by atoms with E-state index in [1.54, 1.807) is 0 Å². The van der Waals surface area contributed by atoms with E-state index in [1.807, 2.05) is 0 Å². The molecule has 1 amide bonds. The normalized spacial score (nSPS) is 23.2. The summed E-state index contributed by atoms with van der Waals surface area (Å²) in [6.45, 7) is 4.18. The molecule has 2 N–H and O–H groups in total. The second kappa shape index (κ2) is 4.73. The first-order valence-electron chi connectivity index (χ1n) is 5.78. The van der Waals surface area contributed by atoms with Gasteiger partial charge in [0.1, 0.15) is 9.84 Å². The number of amides is 1. The summed E-state index contributed by atoms with van der Waals surface area (Å²) < 4.78 is 22.7. The third-order valence-corrected chi connectivity index (χ3v) is 5.16. The minimum Gasteiger partial charge on any atom is -0.369 e. The Bertz CT molecular complexity index is 345. The molecule has 5 heteroatoms. The van der Waals surface area contributed by atoms with Gasteiger partial charge in [-0.3, -0.25) is 4.79 Å². The van der Waals surface area contributed by atoms with Gasteiger partial charge in [-0.1, -0.05) is 13.8 Å². The molecule has 1 rings (SSSR count). The lowest BCUT2D eigenvalue weighted by atomic mass is 9.76. The number of hydrogen-bond donors (Lipinski definition) is 1. The zero-order chi connectivity index (χ0) is 12.4. The molecule has 0 unspecified atom stereocenters. The number of carbonyl (C=O) groups is 1. The molecular weight excluding hydrogens is 226 g/mol. The third kappa shape index (κ3) is 3.20. The van der Waals surface area contributed by atoms with Crippen LogP contribution in [0.25, 0.3) is 0 Å². The fourth-order valence-corrected chi connectivity index (χ4v) is 3.72. The van der Waals surface area contributed by atoms with E-state index < -0.39 is 15.3 Å². The molecule has 0 radical (unpaired) electrons. The van der Waals surface area contributed by atoms with Gasteiger partial charge in [-0.15, -0.1) is 0 Å². The van der Waals surface area contributed by atoms with Crippen LogP contribution in [-0.4, -0.2) is 25.8 Å². The monoisotopic (exact) mass is 247 g/mol. The van der Waals surface area contributed by atoms with Crippen LogP contribution in [0, 0.1) is 11.3 Å². The standard InChI is InChI=1S/C11H21NO3S/c1-9(2)3-4-11(10(12)13)5-7-16(14,15)8-6-11/h9H,3-8H2,1-2H3,(H2,12,13). The van der Waals surface area contributed by atoms with E-state index in [0.29, 0.717) is 18.8 Å². The second-order valence-corrected chi connectivity index (χ2v) is 7.53. The summed E-state index contributed by atoms with van der Waals surface area (Å²) in [5.41, 5.74) is 4.87. The van der Waals surface area contributed by atoms with Crippen molar-refractivity contribution in [1.29, 1.82) is 0 Å². The number of carbonyl (C=O) groups excluding carboxylic acids is 1. The van der Waals surface area contributed by atoms with Gasteiger partial charge >= 0.3 is 0 Å². The van der Waals surface area contributed by atoms with Crippen LogP contribution in [0.3, 0.4) is 0 Å². The van der Waals surface area contributed by atoms with Crippen molar-refractivity contribution in [3.05, 3.63) is 0 Å². The Hall–Kier alpha value is -0.580. The molecular formula is C11H21NO3S. The number of hydrogen-bond acceptors (Lipinski definition) is 3. The zero-order valence-electron chi connectivity index (χ0n) is 10.0. The Balaban J connectivity index is 2.73. The van der Waals surface area contributed by atoms with Crippen LogP contribution < -0.4 is 5.73 Å². The summed E-state index contributed by atoms with van der Waals surface area (Å²) in [6, 6.07) is 0. The highest BCUT2D eigenvalue weighted by Crippen LogP contribution is 2.37. The summed E-state index contributed by atoms with van der Waals surface area (Å²) in [7, 11) is -2.93. The summed E-state index contributed by atoms with van der Waals surface area (Å²) in [5.74, 6) is 0.389. The van der Waals surface area contributed by atoms with E-state index in [4.69, 9.17) is 5.73 Å². The van der Waals surface area contributed by atoms with Crippen molar-refractivity contribution in [1.82, 2.24) is 0 Å². The van der Waals surface area contributed by atoms with Crippen LogP contribution in [0.2, 0.25) is 0 Å². The molecule has 1 heterocycles. The van der Waals surface area contributed by atoms with Crippen LogP contribution in [0.4, 0.5) is 0 Å². The first-order valence-corrected chi connectivity index (χ1v) is 7.60. The Morgan fingerprint density at radius 2 is 1.81 bits per heavy atom. The number of nitrogens with two attached hydrogens (primary N) is 1. The van der Waals surface area contributed by atoms with Crippen LogP contribution in [0.15, 0.2) is 0 Å². The van der Waals surface area contributed by atoms with Gasteiger partial charge in [-0.25, -0.2) is 8.42 Å². The lowest BCUT2D eigenvalue weighted by Gasteiger charge is -2.34. The average Bonchev–Trinajstić information content (AvgIpc) is 2.16. The summed E-state index contributed by atoms with van der Waals surface area (Å²) in [5, 5.41) is 0. The van der Waals surface area contributed by atoms with Gasteiger partial charge in [0.05, 0.1) is 16.9 Å². The Kier molecular flexibility index (Phi) is 3.99. The molecule has 0 aromatic rings. The minimum absolute atomic E-state index is 0.105. The van der Waals surface area contributed by atoms with Crippen molar-refractivity contribution in [2.24, 2.45) is 17.1 Å². The van der Waals surface area contributed by atoms with E-state index in [0.717, 1.165) is 12.8 Å². The van der Waals surface area contributed by atoms with Crippen LogP contribution in [0.5, 0.6) is 0 Å². The molecule has 0 atom stereocenters. The Morgan fingerprint density at radius 3 is 2.19 bits per heavy atom. The lowest BCUT2D eigenvalue weighted by Crippen LogP contribution is -2.43. The molecule has 0 aliphatic carbocycles. The molecule has 1 aliphatic rings. The van der Waals surface area contributed by atoms with Crippen LogP contribution in [-0.2, 0) is 14.6 Å². The van der Waals surface area contributed by atoms with Crippen molar-refractivity contribution in [2.75, 3.05) is 11.5 Å². The fourth-order valence-electron chi connectivity index (χ4n) is 2.11. The summed E-state index contributed by atoms with van der Waals surface area (Å²) in [4.78, 5) is 11.5. The largest absolute Gasteiger partial charge is 0.369 e. The first kappa shape index (κ1) is 13.5. The Labute approximate surface area is 97.5 Å². The van der Waals surface area contributed by atoms with E-state index in [-0.39, 0.29) is 17.4 Å². The highest BCUT2D eigenvalue weighted by atomic mass is 32.2. The maximum absolute atomic E-state index is 11.5. The van der Waals surface area contributed by atoms with Gasteiger partial charge in [-0.2, -0.15) is 0 Å². The lowest BCUT2D eigenvalue weighted by molar-refractivity contribution is -0.128. The minimum atomic E-state index is -2.93. The molecule has 0 saturated carbocycles. The molecule has 0 aromatic carbocycles. The van der Waals surface area contributed by atoms with Gasteiger partial charge in [-0.05, 0) is 31.6 Å². The molecule has 1 aliphatic heterocycles. The van der Waals surface area contributed by atoms with Gasteiger partial charge in [0.25, 0.3) is 0 Å². The number of sulfone groups is 1. The predicted octanol–water partition coefficient (Wildman–Crippen LogP) is 1.10. The molecule has 0 aromatic heterocycles. The maximum Gasteiger partial charge on any atom is 0.223 e. The molecule has 1 fully saturated rings. The van der Waals surface area contributed by atoms with E-state index in [1.165, 1.54) is 0 Å². The second-order valence-electron chi connectivity index (χ2n) is 5.23. The highest BCUT2D eigenvalue weighted by Gasteiger charge is 2.41. The average molecular weight is 247 g/mol. The number of rotatable bonds is 4. The van der Waals surface area contributed by atoms with Crippen LogP contribution >= 0.6 is 0 Å². The Morgan fingerprint density at radius 1 is 1.31 bits per heavy atom. The third-order valence-electron chi connectivity index (χ3n) is 3.51. The fraction of sp³-hybridized carbons (Fsp3) is 0.909.